The molecule has 17 heavy (non-hydrogen) atoms. The van der Waals surface area contributed by atoms with Crippen molar-refractivity contribution in [1.29, 1.82) is 0 Å². The maximum absolute atomic E-state index is 5.81. The highest BCUT2D eigenvalue weighted by molar-refractivity contribution is 5.92. The van der Waals surface area contributed by atoms with Crippen molar-refractivity contribution in [3.05, 3.63) is 29.8 Å². The van der Waals surface area contributed by atoms with Crippen LogP contribution in [0.4, 0.5) is 5.69 Å². The van der Waals surface area contributed by atoms with Crippen molar-refractivity contribution >= 4 is 11.6 Å². The Balaban J connectivity index is 2.61. The monoisotopic (exact) mass is 233 g/mol. The molecule has 3 N–H and O–H groups in total. The van der Waals surface area contributed by atoms with Gasteiger partial charge in [-0.25, -0.2) is 0 Å². The summed E-state index contributed by atoms with van der Waals surface area (Å²) in [5.41, 5.74) is 8.12. The second kappa shape index (κ2) is 6.94. The Morgan fingerprint density at radius 3 is 2.82 bits per heavy atom. The van der Waals surface area contributed by atoms with Crippen LogP contribution in [0, 0.1) is 0 Å². The fraction of sp³-hybridized carbons (Fsp3) is 0.500. The molecule has 0 bridgehead atoms. The third-order valence-corrected chi connectivity index (χ3v) is 2.62. The van der Waals surface area contributed by atoms with Gasteiger partial charge in [0.1, 0.15) is 0 Å². The standard InChI is InChI=1S/C14H23N3/c1-4-5-9-16-14(15)17-13-8-6-7-12(10-13)11(2)3/h6-8,10-11H,4-5,9H2,1-3H3,(H3,15,16,17). The zero-order chi connectivity index (χ0) is 12.7. The van der Waals surface area contributed by atoms with Gasteiger partial charge in [0.2, 0.25) is 0 Å². The van der Waals surface area contributed by atoms with Gasteiger partial charge in [-0.3, -0.25) is 4.99 Å². The first-order chi connectivity index (χ1) is 8.13. The van der Waals surface area contributed by atoms with Gasteiger partial charge >= 0.3 is 0 Å². The lowest BCUT2D eigenvalue weighted by molar-refractivity contribution is 0.807. The molecule has 1 aromatic rings. The highest BCUT2D eigenvalue weighted by Gasteiger charge is 2.00. The molecule has 1 rings (SSSR count). The van der Waals surface area contributed by atoms with Crippen molar-refractivity contribution in [2.75, 3.05) is 11.9 Å². The van der Waals surface area contributed by atoms with Gasteiger partial charge in [-0.15, -0.1) is 0 Å². The van der Waals surface area contributed by atoms with Crippen LogP contribution < -0.4 is 11.1 Å². The Hall–Kier alpha value is -1.51. The molecule has 3 nitrogen and oxygen atoms in total. The van der Waals surface area contributed by atoms with Crippen molar-refractivity contribution in [3.63, 3.8) is 0 Å². The van der Waals surface area contributed by atoms with E-state index in [4.69, 9.17) is 5.73 Å². The van der Waals surface area contributed by atoms with E-state index in [1.54, 1.807) is 0 Å². The summed E-state index contributed by atoms with van der Waals surface area (Å²) in [6, 6.07) is 8.29. The molecule has 0 aliphatic rings. The molecule has 0 amide bonds. The smallest absolute Gasteiger partial charge is 0.193 e. The topological polar surface area (TPSA) is 50.4 Å². The van der Waals surface area contributed by atoms with E-state index in [-0.39, 0.29) is 0 Å². The Bertz CT molecular complexity index is 369. The molecule has 0 aliphatic carbocycles. The Morgan fingerprint density at radius 1 is 1.41 bits per heavy atom. The largest absolute Gasteiger partial charge is 0.370 e. The average Bonchev–Trinajstić information content (AvgIpc) is 2.29. The molecule has 1 aromatic carbocycles. The van der Waals surface area contributed by atoms with Gasteiger partial charge in [0, 0.05) is 12.2 Å². The minimum absolute atomic E-state index is 0.499. The van der Waals surface area contributed by atoms with Crippen LogP contribution in [0.5, 0.6) is 0 Å². The Kier molecular flexibility index (Phi) is 5.53. The molecule has 0 radical (unpaired) electrons. The molecule has 94 valence electrons. The van der Waals surface area contributed by atoms with Crippen molar-refractivity contribution in [1.82, 2.24) is 0 Å². The predicted molar refractivity (Wildman–Crippen MR) is 75.6 cm³/mol. The van der Waals surface area contributed by atoms with Crippen molar-refractivity contribution in [2.45, 2.75) is 39.5 Å². The van der Waals surface area contributed by atoms with Crippen LogP contribution in [0.3, 0.4) is 0 Å². The second-order valence-corrected chi connectivity index (χ2v) is 4.53. The third-order valence-electron chi connectivity index (χ3n) is 2.62. The first-order valence-corrected chi connectivity index (χ1v) is 6.30. The second-order valence-electron chi connectivity index (χ2n) is 4.53. The fourth-order valence-corrected chi connectivity index (χ4v) is 1.52. The number of hydrogen-bond donors (Lipinski definition) is 2. The van der Waals surface area contributed by atoms with Crippen molar-refractivity contribution in [2.24, 2.45) is 10.7 Å². The van der Waals surface area contributed by atoms with Crippen LogP contribution in [0.25, 0.3) is 0 Å². The van der Waals surface area contributed by atoms with E-state index in [0.717, 1.165) is 25.1 Å². The lowest BCUT2D eigenvalue weighted by Gasteiger charge is -2.09. The number of nitrogens with zero attached hydrogens (tertiary/aromatic N) is 1. The fourth-order valence-electron chi connectivity index (χ4n) is 1.52. The number of nitrogens with one attached hydrogen (secondary N) is 1. The molecular weight excluding hydrogens is 210 g/mol. The van der Waals surface area contributed by atoms with E-state index in [2.05, 4.69) is 43.2 Å². The summed E-state index contributed by atoms with van der Waals surface area (Å²) in [7, 11) is 0. The molecule has 3 heteroatoms. The molecule has 0 aliphatic heterocycles. The number of aliphatic imine (C=N–C) groups is 1. The molecule has 0 spiro atoms. The number of guanidine groups is 1. The summed E-state index contributed by atoms with van der Waals surface area (Å²) in [6.07, 6.45) is 2.22. The molecule has 0 saturated carbocycles. The van der Waals surface area contributed by atoms with Gasteiger partial charge in [-0.05, 0) is 30.0 Å². The van der Waals surface area contributed by atoms with E-state index in [9.17, 15) is 0 Å². The van der Waals surface area contributed by atoms with E-state index in [0.29, 0.717) is 11.9 Å². The van der Waals surface area contributed by atoms with Crippen molar-refractivity contribution < 1.29 is 0 Å². The first-order valence-electron chi connectivity index (χ1n) is 6.30. The lowest BCUT2D eigenvalue weighted by Crippen LogP contribution is -2.22. The molecular formula is C14H23N3. The zero-order valence-corrected chi connectivity index (χ0v) is 11.0. The molecule has 0 heterocycles. The average molecular weight is 233 g/mol. The van der Waals surface area contributed by atoms with E-state index >= 15 is 0 Å². The van der Waals surface area contributed by atoms with E-state index in [1.165, 1.54) is 5.56 Å². The number of anilines is 1. The van der Waals surface area contributed by atoms with Crippen molar-refractivity contribution in [3.8, 4) is 0 Å². The summed E-state index contributed by atoms with van der Waals surface area (Å²) < 4.78 is 0. The van der Waals surface area contributed by atoms with Gasteiger partial charge in [-0.2, -0.15) is 0 Å². The maximum atomic E-state index is 5.81. The Labute approximate surface area is 104 Å². The minimum Gasteiger partial charge on any atom is -0.370 e. The van der Waals surface area contributed by atoms with Crippen LogP contribution in [0.1, 0.15) is 45.1 Å². The highest BCUT2D eigenvalue weighted by Crippen LogP contribution is 2.18. The number of unbranched alkanes of at least 4 members (excludes halogenated alkanes) is 1. The van der Waals surface area contributed by atoms with Crippen LogP contribution >= 0.6 is 0 Å². The van der Waals surface area contributed by atoms with E-state index in [1.807, 2.05) is 12.1 Å². The zero-order valence-electron chi connectivity index (χ0n) is 11.0. The van der Waals surface area contributed by atoms with Gasteiger partial charge in [-0.1, -0.05) is 39.3 Å². The van der Waals surface area contributed by atoms with Gasteiger partial charge < -0.3 is 11.1 Å². The number of hydrogen-bond acceptors (Lipinski definition) is 1. The maximum Gasteiger partial charge on any atom is 0.193 e. The van der Waals surface area contributed by atoms with Crippen LogP contribution in [0.2, 0.25) is 0 Å². The molecule has 0 saturated heterocycles. The molecule has 0 fully saturated rings. The predicted octanol–water partition coefficient (Wildman–Crippen LogP) is 3.34. The van der Waals surface area contributed by atoms with Gasteiger partial charge in [0.05, 0.1) is 0 Å². The summed E-state index contributed by atoms with van der Waals surface area (Å²) >= 11 is 0. The quantitative estimate of drug-likeness (QED) is 0.465. The number of rotatable bonds is 5. The van der Waals surface area contributed by atoms with Gasteiger partial charge in [0.25, 0.3) is 0 Å². The molecule has 0 aromatic heterocycles. The lowest BCUT2D eigenvalue weighted by atomic mass is 10.0. The molecule has 0 unspecified atom stereocenters. The van der Waals surface area contributed by atoms with E-state index < -0.39 is 0 Å². The summed E-state index contributed by atoms with van der Waals surface area (Å²) in [6.45, 7) is 7.29. The third kappa shape index (κ3) is 4.89. The van der Waals surface area contributed by atoms with Crippen LogP contribution in [-0.2, 0) is 0 Å². The molecule has 0 atom stereocenters. The first kappa shape index (κ1) is 13.6. The minimum atomic E-state index is 0.499. The highest BCUT2D eigenvalue weighted by atomic mass is 15.1. The summed E-state index contributed by atoms with van der Waals surface area (Å²) in [5.74, 6) is 1.02. The van der Waals surface area contributed by atoms with Gasteiger partial charge in [0.15, 0.2) is 5.96 Å². The van der Waals surface area contributed by atoms with Crippen LogP contribution in [-0.4, -0.2) is 12.5 Å². The number of benzene rings is 1. The normalized spacial score (nSPS) is 11.9. The summed E-state index contributed by atoms with van der Waals surface area (Å²) in [4.78, 5) is 4.27. The van der Waals surface area contributed by atoms with Crippen LogP contribution in [0.15, 0.2) is 29.3 Å². The Morgan fingerprint density at radius 2 is 2.18 bits per heavy atom. The SMILES string of the molecule is CCCCN=C(N)Nc1cccc(C(C)C)c1. The summed E-state index contributed by atoms with van der Waals surface area (Å²) in [5, 5.41) is 3.12. The number of nitrogens with two attached hydrogens (primary N) is 1.